The third-order valence-electron chi connectivity index (χ3n) is 2.90. The molecule has 0 heterocycles. The van der Waals surface area contributed by atoms with Gasteiger partial charge in [-0.2, -0.15) is 0 Å². The summed E-state index contributed by atoms with van der Waals surface area (Å²) in [4.78, 5) is 0. The van der Waals surface area contributed by atoms with E-state index in [9.17, 15) is 0 Å². The van der Waals surface area contributed by atoms with Crippen LogP contribution in [0.2, 0.25) is 0 Å². The predicted octanol–water partition coefficient (Wildman–Crippen LogP) is 3.80. The first-order valence-corrected chi connectivity index (χ1v) is 6.04. The molecule has 0 saturated carbocycles. The summed E-state index contributed by atoms with van der Waals surface area (Å²) in [5, 5.41) is 0. The molecule has 0 aliphatic carbocycles. The summed E-state index contributed by atoms with van der Waals surface area (Å²) < 4.78 is 10.7. The molecule has 0 N–H and O–H groups in total. The summed E-state index contributed by atoms with van der Waals surface area (Å²) in [5.41, 5.74) is 4.16. The molecule has 0 saturated heterocycles. The van der Waals surface area contributed by atoms with Gasteiger partial charge in [-0.15, -0.1) is 23.2 Å². The first-order valence-electron chi connectivity index (χ1n) is 4.97. The van der Waals surface area contributed by atoms with E-state index < -0.39 is 0 Å². The van der Waals surface area contributed by atoms with Gasteiger partial charge in [-0.3, -0.25) is 0 Å². The number of hydrogen-bond acceptors (Lipinski definition) is 2. The van der Waals surface area contributed by atoms with Gasteiger partial charge < -0.3 is 9.47 Å². The summed E-state index contributed by atoms with van der Waals surface area (Å²) in [7, 11) is 3.22. The van der Waals surface area contributed by atoms with Gasteiger partial charge in [0.05, 0.1) is 26.0 Å². The van der Waals surface area contributed by atoms with Crippen LogP contribution in [-0.2, 0) is 11.8 Å². The van der Waals surface area contributed by atoms with E-state index in [1.54, 1.807) is 14.2 Å². The van der Waals surface area contributed by atoms with E-state index in [-0.39, 0.29) is 0 Å². The summed E-state index contributed by atoms with van der Waals surface area (Å²) in [6.45, 7) is 4.04. The highest BCUT2D eigenvalue weighted by Gasteiger charge is 2.20. The minimum Gasteiger partial charge on any atom is -0.493 e. The van der Waals surface area contributed by atoms with Gasteiger partial charge in [-0.05, 0) is 25.0 Å². The van der Waals surface area contributed by atoms with Gasteiger partial charge >= 0.3 is 0 Å². The Bertz CT molecular complexity index is 352. The molecule has 16 heavy (non-hydrogen) atoms. The van der Waals surface area contributed by atoms with E-state index in [4.69, 9.17) is 32.7 Å². The maximum absolute atomic E-state index is 5.94. The standard InChI is InChI=1S/C12H16Cl2O2/c1-7-8(2)10(6-14)12(16-4)11(15-3)9(7)5-13/h5-6H2,1-4H3. The van der Waals surface area contributed by atoms with E-state index in [0.29, 0.717) is 23.3 Å². The molecular formula is C12H16Cl2O2. The lowest BCUT2D eigenvalue weighted by Gasteiger charge is -2.19. The topological polar surface area (TPSA) is 18.5 Å². The first kappa shape index (κ1) is 13.5. The van der Waals surface area contributed by atoms with E-state index in [1.807, 2.05) is 13.8 Å². The van der Waals surface area contributed by atoms with Gasteiger partial charge in [0.25, 0.3) is 0 Å². The maximum atomic E-state index is 5.94. The molecule has 0 unspecified atom stereocenters. The van der Waals surface area contributed by atoms with Gasteiger partial charge in [0, 0.05) is 11.1 Å². The van der Waals surface area contributed by atoms with Crippen molar-refractivity contribution >= 4 is 23.2 Å². The zero-order chi connectivity index (χ0) is 12.3. The summed E-state index contributed by atoms with van der Waals surface area (Å²) in [5.74, 6) is 2.18. The third-order valence-corrected chi connectivity index (χ3v) is 3.43. The minimum atomic E-state index is 0.398. The van der Waals surface area contributed by atoms with Crippen molar-refractivity contribution in [3.63, 3.8) is 0 Å². The lowest BCUT2D eigenvalue weighted by atomic mass is 9.97. The van der Waals surface area contributed by atoms with E-state index in [0.717, 1.165) is 22.3 Å². The zero-order valence-corrected chi connectivity index (χ0v) is 11.5. The minimum absolute atomic E-state index is 0.398. The van der Waals surface area contributed by atoms with Gasteiger partial charge in [0.15, 0.2) is 11.5 Å². The largest absolute Gasteiger partial charge is 0.493 e. The fourth-order valence-electron chi connectivity index (χ4n) is 1.82. The molecule has 0 aliphatic heterocycles. The Hall–Kier alpha value is -0.600. The van der Waals surface area contributed by atoms with Gasteiger partial charge in [0.2, 0.25) is 0 Å². The van der Waals surface area contributed by atoms with Crippen molar-refractivity contribution in [3.8, 4) is 11.5 Å². The fraction of sp³-hybridized carbons (Fsp3) is 0.500. The lowest BCUT2D eigenvalue weighted by Crippen LogP contribution is -2.04. The number of rotatable bonds is 4. The lowest BCUT2D eigenvalue weighted by molar-refractivity contribution is 0.349. The van der Waals surface area contributed by atoms with Crippen molar-refractivity contribution in [1.82, 2.24) is 0 Å². The molecule has 0 radical (unpaired) electrons. The molecule has 0 bridgehead atoms. The Labute approximate surface area is 106 Å². The molecule has 0 fully saturated rings. The average Bonchev–Trinajstić information content (AvgIpc) is 2.31. The van der Waals surface area contributed by atoms with Crippen LogP contribution in [0.4, 0.5) is 0 Å². The molecule has 0 aliphatic rings. The van der Waals surface area contributed by atoms with Crippen LogP contribution >= 0.6 is 23.2 Å². The van der Waals surface area contributed by atoms with Crippen LogP contribution in [0.5, 0.6) is 11.5 Å². The summed E-state index contributed by atoms with van der Waals surface area (Å²) >= 11 is 11.9. The van der Waals surface area contributed by atoms with Crippen LogP contribution in [0.3, 0.4) is 0 Å². The van der Waals surface area contributed by atoms with Crippen molar-refractivity contribution in [2.24, 2.45) is 0 Å². The molecule has 1 rings (SSSR count). The van der Waals surface area contributed by atoms with E-state index in [1.165, 1.54) is 0 Å². The number of benzene rings is 1. The molecule has 4 heteroatoms. The maximum Gasteiger partial charge on any atom is 0.165 e. The second-order valence-electron chi connectivity index (χ2n) is 3.54. The second-order valence-corrected chi connectivity index (χ2v) is 4.08. The highest BCUT2D eigenvalue weighted by molar-refractivity contribution is 6.18. The van der Waals surface area contributed by atoms with Crippen molar-refractivity contribution in [3.05, 3.63) is 22.3 Å². The van der Waals surface area contributed by atoms with Crippen LogP contribution in [0, 0.1) is 13.8 Å². The first-order chi connectivity index (χ1) is 7.62. The molecule has 1 aromatic rings. The Kier molecular flexibility index (Phi) is 4.75. The SMILES string of the molecule is COc1c(CCl)c(C)c(C)c(CCl)c1OC. The Morgan fingerprint density at radius 1 is 0.812 bits per heavy atom. The van der Waals surface area contributed by atoms with Gasteiger partial charge in [-0.25, -0.2) is 0 Å². The fourth-order valence-corrected chi connectivity index (χ4v) is 2.46. The molecule has 2 nitrogen and oxygen atoms in total. The number of hydrogen-bond donors (Lipinski definition) is 0. The number of alkyl halides is 2. The number of ether oxygens (including phenoxy) is 2. The van der Waals surface area contributed by atoms with Crippen LogP contribution < -0.4 is 9.47 Å². The normalized spacial score (nSPS) is 10.4. The van der Waals surface area contributed by atoms with Gasteiger partial charge in [0.1, 0.15) is 0 Å². The third kappa shape index (κ3) is 2.09. The molecular weight excluding hydrogens is 247 g/mol. The summed E-state index contributed by atoms with van der Waals surface area (Å²) in [6.07, 6.45) is 0. The Morgan fingerprint density at radius 3 is 1.31 bits per heavy atom. The Balaban J connectivity index is 3.61. The number of methoxy groups -OCH3 is 2. The predicted molar refractivity (Wildman–Crippen MR) is 68.1 cm³/mol. The molecule has 0 atom stereocenters. The van der Waals surface area contributed by atoms with Crippen LogP contribution in [0.25, 0.3) is 0 Å². The van der Waals surface area contributed by atoms with E-state index in [2.05, 4.69) is 0 Å². The Morgan fingerprint density at radius 2 is 1.12 bits per heavy atom. The molecule has 0 amide bonds. The van der Waals surface area contributed by atoms with Crippen LogP contribution in [-0.4, -0.2) is 14.2 Å². The quantitative estimate of drug-likeness (QED) is 0.769. The van der Waals surface area contributed by atoms with Crippen molar-refractivity contribution < 1.29 is 9.47 Å². The molecule has 0 aromatic heterocycles. The number of halogens is 2. The zero-order valence-electron chi connectivity index (χ0n) is 9.99. The summed E-state index contributed by atoms with van der Waals surface area (Å²) in [6, 6.07) is 0. The highest BCUT2D eigenvalue weighted by atomic mass is 35.5. The van der Waals surface area contributed by atoms with E-state index >= 15 is 0 Å². The average molecular weight is 263 g/mol. The van der Waals surface area contributed by atoms with Crippen molar-refractivity contribution in [2.75, 3.05) is 14.2 Å². The highest BCUT2D eigenvalue weighted by Crippen LogP contribution is 2.41. The second kappa shape index (κ2) is 5.65. The molecule has 0 spiro atoms. The van der Waals surface area contributed by atoms with Crippen molar-refractivity contribution in [1.29, 1.82) is 0 Å². The van der Waals surface area contributed by atoms with Gasteiger partial charge in [-0.1, -0.05) is 0 Å². The molecule has 1 aromatic carbocycles. The van der Waals surface area contributed by atoms with Crippen LogP contribution in [0.15, 0.2) is 0 Å². The molecule has 90 valence electrons. The van der Waals surface area contributed by atoms with Crippen molar-refractivity contribution in [2.45, 2.75) is 25.6 Å². The monoisotopic (exact) mass is 262 g/mol. The smallest absolute Gasteiger partial charge is 0.165 e. The van der Waals surface area contributed by atoms with Crippen LogP contribution in [0.1, 0.15) is 22.3 Å².